The highest BCUT2D eigenvalue weighted by atomic mass is 16.2. The highest BCUT2D eigenvalue weighted by Gasteiger charge is 2.30. The molecule has 0 bridgehead atoms. The third-order valence-electron chi connectivity index (χ3n) is 5.57. The summed E-state index contributed by atoms with van der Waals surface area (Å²) >= 11 is 0. The minimum Gasteiger partial charge on any atom is -0.336 e. The van der Waals surface area contributed by atoms with Gasteiger partial charge in [-0.15, -0.1) is 0 Å². The molecule has 3 rings (SSSR count). The zero-order valence-corrected chi connectivity index (χ0v) is 16.3. The van der Waals surface area contributed by atoms with Crippen molar-refractivity contribution in [2.75, 3.05) is 32.7 Å². The molecule has 0 spiro atoms. The number of amides is 1. The molecule has 0 aliphatic carbocycles. The Morgan fingerprint density at radius 3 is 2.74 bits per heavy atom. The second kappa shape index (κ2) is 9.31. The summed E-state index contributed by atoms with van der Waals surface area (Å²) in [5.74, 6) is 0.135. The van der Waals surface area contributed by atoms with Crippen LogP contribution in [0.1, 0.15) is 36.5 Å². The van der Waals surface area contributed by atoms with Crippen LogP contribution >= 0.6 is 0 Å². The molecule has 4 N–H and O–H groups in total. The standard InChI is InChI=1S/C22H32N4O/c1-2-3-9-19-16-26(13-12-25(19)15-18(24)14-23)22(27)21-11-6-8-17-7-4-5-10-20(17)21/h4-8,10-11,18-19H,2-3,9,12-16,23-24H2,1H3/t18?,19-/m0/s1. The molecule has 0 radical (unpaired) electrons. The van der Waals surface area contributed by atoms with Crippen molar-refractivity contribution in [1.29, 1.82) is 0 Å². The summed E-state index contributed by atoms with van der Waals surface area (Å²) in [7, 11) is 0. The quantitative estimate of drug-likeness (QED) is 0.787. The number of unbranched alkanes of at least 4 members (excludes halogenated alkanes) is 1. The van der Waals surface area contributed by atoms with Crippen LogP contribution in [0, 0.1) is 0 Å². The Morgan fingerprint density at radius 2 is 1.96 bits per heavy atom. The molecule has 1 aliphatic heterocycles. The first-order chi connectivity index (χ1) is 13.1. The van der Waals surface area contributed by atoms with Crippen molar-refractivity contribution in [1.82, 2.24) is 9.80 Å². The molecule has 2 atom stereocenters. The number of rotatable bonds is 7. The molecule has 5 nitrogen and oxygen atoms in total. The van der Waals surface area contributed by atoms with Gasteiger partial charge in [-0.05, 0) is 23.3 Å². The molecule has 1 amide bonds. The molecular formula is C22H32N4O. The molecule has 1 fully saturated rings. The van der Waals surface area contributed by atoms with E-state index in [1.165, 1.54) is 0 Å². The van der Waals surface area contributed by atoms with Gasteiger partial charge in [0.2, 0.25) is 0 Å². The molecule has 2 aromatic carbocycles. The Kier molecular flexibility index (Phi) is 6.83. The summed E-state index contributed by atoms with van der Waals surface area (Å²) in [5, 5.41) is 2.14. The van der Waals surface area contributed by atoms with Gasteiger partial charge >= 0.3 is 0 Å². The minimum absolute atomic E-state index is 0.00514. The molecule has 1 heterocycles. The molecule has 1 unspecified atom stereocenters. The van der Waals surface area contributed by atoms with Gasteiger partial charge in [-0.3, -0.25) is 9.69 Å². The molecule has 5 heteroatoms. The number of benzene rings is 2. The molecule has 0 saturated carbocycles. The summed E-state index contributed by atoms with van der Waals surface area (Å²) in [6.07, 6.45) is 3.41. The van der Waals surface area contributed by atoms with Crippen molar-refractivity contribution >= 4 is 16.7 Å². The van der Waals surface area contributed by atoms with Gasteiger partial charge in [0, 0.05) is 50.4 Å². The van der Waals surface area contributed by atoms with E-state index in [1.807, 2.05) is 35.2 Å². The molecule has 2 aromatic rings. The van der Waals surface area contributed by atoms with E-state index in [0.717, 1.165) is 61.8 Å². The van der Waals surface area contributed by atoms with Gasteiger partial charge in [-0.25, -0.2) is 0 Å². The van der Waals surface area contributed by atoms with Crippen LogP contribution in [0.15, 0.2) is 42.5 Å². The van der Waals surface area contributed by atoms with Crippen molar-refractivity contribution in [2.24, 2.45) is 11.5 Å². The van der Waals surface area contributed by atoms with Gasteiger partial charge in [0.05, 0.1) is 0 Å². The fourth-order valence-electron chi connectivity index (χ4n) is 3.99. The van der Waals surface area contributed by atoms with Crippen molar-refractivity contribution in [3.63, 3.8) is 0 Å². The van der Waals surface area contributed by atoms with Crippen LogP contribution in [0.5, 0.6) is 0 Å². The van der Waals surface area contributed by atoms with Crippen LogP contribution in [-0.2, 0) is 0 Å². The van der Waals surface area contributed by atoms with Crippen LogP contribution in [-0.4, -0.2) is 60.5 Å². The van der Waals surface area contributed by atoms with Gasteiger partial charge in [0.25, 0.3) is 5.91 Å². The first-order valence-electron chi connectivity index (χ1n) is 10.1. The Morgan fingerprint density at radius 1 is 1.19 bits per heavy atom. The molecule has 1 aliphatic rings. The second-order valence-corrected chi connectivity index (χ2v) is 7.56. The number of piperazine rings is 1. The SMILES string of the molecule is CCCC[C@H]1CN(C(=O)c2cccc3ccccc23)CCN1CC(N)CN. The Hall–Kier alpha value is -1.95. The Balaban J connectivity index is 1.77. The first kappa shape index (κ1) is 19.8. The number of nitrogens with zero attached hydrogens (tertiary/aromatic N) is 2. The number of fused-ring (bicyclic) bond motifs is 1. The van der Waals surface area contributed by atoms with Crippen molar-refractivity contribution in [2.45, 2.75) is 38.3 Å². The molecule has 0 aromatic heterocycles. The molecular weight excluding hydrogens is 336 g/mol. The van der Waals surface area contributed by atoms with Gasteiger partial charge in [0.15, 0.2) is 0 Å². The third-order valence-corrected chi connectivity index (χ3v) is 5.57. The van der Waals surface area contributed by atoms with Gasteiger partial charge < -0.3 is 16.4 Å². The number of hydrogen-bond acceptors (Lipinski definition) is 4. The van der Waals surface area contributed by atoms with Crippen LogP contribution < -0.4 is 11.5 Å². The van der Waals surface area contributed by atoms with Crippen LogP contribution in [0.4, 0.5) is 0 Å². The lowest BCUT2D eigenvalue weighted by Gasteiger charge is -2.42. The van der Waals surface area contributed by atoms with Crippen LogP contribution in [0.25, 0.3) is 10.8 Å². The van der Waals surface area contributed by atoms with Gasteiger partial charge in [0.1, 0.15) is 0 Å². The second-order valence-electron chi connectivity index (χ2n) is 7.56. The number of nitrogens with two attached hydrogens (primary N) is 2. The van der Waals surface area contributed by atoms with E-state index >= 15 is 0 Å². The Bertz CT molecular complexity index is 758. The van der Waals surface area contributed by atoms with E-state index in [9.17, 15) is 4.79 Å². The lowest BCUT2D eigenvalue weighted by atomic mass is 10.0. The lowest BCUT2D eigenvalue weighted by molar-refractivity contribution is 0.0446. The van der Waals surface area contributed by atoms with Crippen molar-refractivity contribution in [3.8, 4) is 0 Å². The average Bonchev–Trinajstić information content (AvgIpc) is 2.71. The zero-order chi connectivity index (χ0) is 19.2. The summed E-state index contributed by atoms with van der Waals surface area (Å²) in [5.41, 5.74) is 12.6. The Labute approximate surface area is 162 Å². The fraction of sp³-hybridized carbons (Fsp3) is 0.500. The third kappa shape index (κ3) is 4.67. The highest BCUT2D eigenvalue weighted by Crippen LogP contribution is 2.23. The maximum atomic E-state index is 13.3. The topological polar surface area (TPSA) is 75.6 Å². The van der Waals surface area contributed by atoms with E-state index in [2.05, 4.69) is 24.0 Å². The normalized spacial score (nSPS) is 19.4. The highest BCUT2D eigenvalue weighted by molar-refractivity contribution is 6.07. The van der Waals surface area contributed by atoms with Crippen molar-refractivity contribution < 1.29 is 4.79 Å². The summed E-state index contributed by atoms with van der Waals surface area (Å²) in [6.45, 7) is 5.87. The molecule has 27 heavy (non-hydrogen) atoms. The molecule has 146 valence electrons. The maximum absolute atomic E-state index is 13.3. The smallest absolute Gasteiger partial charge is 0.254 e. The van der Waals surface area contributed by atoms with Crippen molar-refractivity contribution in [3.05, 3.63) is 48.0 Å². The molecule has 1 saturated heterocycles. The van der Waals surface area contributed by atoms with E-state index in [4.69, 9.17) is 11.5 Å². The predicted octanol–water partition coefficient (Wildman–Crippen LogP) is 2.44. The van der Waals surface area contributed by atoms with E-state index < -0.39 is 0 Å². The number of hydrogen-bond donors (Lipinski definition) is 2. The number of carbonyl (C=O) groups excluding carboxylic acids is 1. The lowest BCUT2D eigenvalue weighted by Crippen LogP contribution is -2.57. The maximum Gasteiger partial charge on any atom is 0.254 e. The van der Waals surface area contributed by atoms with E-state index in [1.54, 1.807) is 0 Å². The van der Waals surface area contributed by atoms with E-state index in [0.29, 0.717) is 12.6 Å². The van der Waals surface area contributed by atoms with Gasteiger partial charge in [-0.1, -0.05) is 56.2 Å². The van der Waals surface area contributed by atoms with E-state index in [-0.39, 0.29) is 11.9 Å². The van der Waals surface area contributed by atoms with Crippen LogP contribution in [0.2, 0.25) is 0 Å². The largest absolute Gasteiger partial charge is 0.336 e. The van der Waals surface area contributed by atoms with Gasteiger partial charge in [-0.2, -0.15) is 0 Å². The fourth-order valence-corrected chi connectivity index (χ4v) is 3.99. The number of carbonyl (C=O) groups is 1. The monoisotopic (exact) mass is 368 g/mol. The summed E-state index contributed by atoms with van der Waals surface area (Å²) in [6, 6.07) is 14.4. The first-order valence-corrected chi connectivity index (χ1v) is 10.1. The summed E-state index contributed by atoms with van der Waals surface area (Å²) < 4.78 is 0. The zero-order valence-electron chi connectivity index (χ0n) is 16.3. The van der Waals surface area contributed by atoms with Crippen LogP contribution in [0.3, 0.4) is 0 Å². The summed E-state index contributed by atoms with van der Waals surface area (Å²) in [4.78, 5) is 17.7. The minimum atomic E-state index is -0.00514. The predicted molar refractivity (Wildman–Crippen MR) is 112 cm³/mol. The average molecular weight is 369 g/mol.